The molecule has 0 radical (unpaired) electrons. The minimum atomic E-state index is -0.0581. The number of para-hydroxylation sites is 1. The van der Waals surface area contributed by atoms with Crippen LogP contribution in [-0.4, -0.2) is 29.1 Å². The molecule has 0 bridgehead atoms. The van der Waals surface area contributed by atoms with E-state index in [0.717, 1.165) is 28.1 Å². The quantitative estimate of drug-likeness (QED) is 0.462. The van der Waals surface area contributed by atoms with Gasteiger partial charge in [0.1, 0.15) is 0 Å². The van der Waals surface area contributed by atoms with Crippen LogP contribution in [0.15, 0.2) is 95.5 Å². The fraction of sp³-hybridized carbons (Fsp3) is 0.148. The Morgan fingerprint density at radius 2 is 1.70 bits per heavy atom. The predicted octanol–water partition coefficient (Wildman–Crippen LogP) is 4.79. The normalized spacial score (nSPS) is 19.0. The Hall–Kier alpha value is -4.19. The Balaban J connectivity index is 1.28. The Labute approximate surface area is 191 Å². The summed E-state index contributed by atoms with van der Waals surface area (Å²) in [6.45, 7) is 0. The molecular formula is C27H22N4O2. The van der Waals surface area contributed by atoms with Gasteiger partial charge in [-0.05, 0) is 35.9 Å². The van der Waals surface area contributed by atoms with Crippen molar-refractivity contribution in [3.63, 3.8) is 0 Å². The summed E-state index contributed by atoms with van der Waals surface area (Å²) in [5.41, 5.74) is 5.14. The maximum atomic E-state index is 13.0. The average Bonchev–Trinajstić information content (AvgIpc) is 3.43. The zero-order valence-corrected chi connectivity index (χ0v) is 18.1. The van der Waals surface area contributed by atoms with Crippen LogP contribution < -0.4 is 9.80 Å². The number of nitrogens with zero attached hydrogens (tertiary/aromatic N) is 4. The molecule has 4 aromatic rings. The molecule has 0 spiro atoms. The molecule has 3 aromatic carbocycles. The Kier molecular flexibility index (Phi) is 4.57. The van der Waals surface area contributed by atoms with Crippen molar-refractivity contribution in [2.75, 3.05) is 16.8 Å². The molecule has 162 valence electrons. The van der Waals surface area contributed by atoms with E-state index < -0.39 is 0 Å². The molecule has 1 amide bonds. The summed E-state index contributed by atoms with van der Waals surface area (Å²) in [5.74, 6) is 1.10. The zero-order valence-electron chi connectivity index (χ0n) is 18.1. The first-order chi connectivity index (χ1) is 16.2. The monoisotopic (exact) mass is 434 g/mol. The second kappa shape index (κ2) is 7.74. The Bertz CT molecular complexity index is 1340. The second-order valence-corrected chi connectivity index (χ2v) is 8.39. The van der Waals surface area contributed by atoms with E-state index in [1.54, 1.807) is 6.08 Å². The minimum absolute atomic E-state index is 0.0150. The van der Waals surface area contributed by atoms with E-state index in [1.807, 2.05) is 77.7 Å². The van der Waals surface area contributed by atoms with Gasteiger partial charge in [0, 0.05) is 35.6 Å². The summed E-state index contributed by atoms with van der Waals surface area (Å²) in [7, 11) is 2.08. The minimum Gasteiger partial charge on any atom is -0.365 e. The highest BCUT2D eigenvalue weighted by Crippen LogP contribution is 2.45. The van der Waals surface area contributed by atoms with Gasteiger partial charge in [0.05, 0.1) is 18.5 Å². The molecule has 6 nitrogen and oxygen atoms in total. The van der Waals surface area contributed by atoms with Gasteiger partial charge >= 0.3 is 0 Å². The van der Waals surface area contributed by atoms with Crippen LogP contribution in [-0.2, 0) is 11.2 Å². The molecule has 0 saturated heterocycles. The Morgan fingerprint density at radius 1 is 0.939 bits per heavy atom. The molecule has 2 aliphatic rings. The van der Waals surface area contributed by atoms with E-state index in [1.165, 1.54) is 0 Å². The summed E-state index contributed by atoms with van der Waals surface area (Å²) in [5, 5.41) is 4.15. The highest BCUT2D eigenvalue weighted by Gasteiger charge is 2.43. The first kappa shape index (κ1) is 19.5. The summed E-state index contributed by atoms with van der Waals surface area (Å²) < 4.78 is 5.45. The summed E-state index contributed by atoms with van der Waals surface area (Å²) >= 11 is 0. The number of hydrogen-bond donors (Lipinski definition) is 0. The van der Waals surface area contributed by atoms with E-state index >= 15 is 0 Å². The van der Waals surface area contributed by atoms with Gasteiger partial charge < -0.3 is 9.42 Å². The number of fused-ring (bicyclic) bond motifs is 3. The van der Waals surface area contributed by atoms with Crippen molar-refractivity contribution in [1.82, 2.24) is 10.1 Å². The molecule has 2 aliphatic heterocycles. The summed E-state index contributed by atoms with van der Waals surface area (Å²) in [4.78, 5) is 21.6. The van der Waals surface area contributed by atoms with Gasteiger partial charge in [-0.2, -0.15) is 4.98 Å². The number of carbonyl (C=O) groups excluding carboxylic acids is 1. The molecule has 6 rings (SSSR count). The maximum absolute atomic E-state index is 13.0. The smallest absolute Gasteiger partial charge is 0.251 e. The largest absolute Gasteiger partial charge is 0.365 e. The molecule has 6 heteroatoms. The van der Waals surface area contributed by atoms with Crippen molar-refractivity contribution >= 4 is 17.3 Å². The van der Waals surface area contributed by atoms with E-state index in [2.05, 4.69) is 34.2 Å². The highest BCUT2D eigenvalue weighted by atomic mass is 16.5. The number of carbonyl (C=O) groups is 1. The van der Waals surface area contributed by atoms with Crippen LogP contribution in [0.4, 0.5) is 11.4 Å². The lowest BCUT2D eigenvalue weighted by Gasteiger charge is -2.36. The van der Waals surface area contributed by atoms with Gasteiger partial charge in [-0.3, -0.25) is 9.69 Å². The van der Waals surface area contributed by atoms with E-state index in [0.29, 0.717) is 18.1 Å². The van der Waals surface area contributed by atoms with Crippen LogP contribution in [0.2, 0.25) is 0 Å². The van der Waals surface area contributed by atoms with Gasteiger partial charge in [-0.1, -0.05) is 59.8 Å². The summed E-state index contributed by atoms with van der Waals surface area (Å²) in [6, 6.07) is 26.2. The molecular weight excluding hydrogens is 412 g/mol. The first-order valence-electron chi connectivity index (χ1n) is 11.0. The van der Waals surface area contributed by atoms with Crippen molar-refractivity contribution < 1.29 is 9.32 Å². The van der Waals surface area contributed by atoms with Crippen LogP contribution in [0.1, 0.15) is 23.1 Å². The zero-order chi connectivity index (χ0) is 22.4. The number of benzene rings is 3. The van der Waals surface area contributed by atoms with Crippen molar-refractivity contribution in [3.8, 4) is 11.4 Å². The lowest BCUT2D eigenvalue weighted by Crippen LogP contribution is -2.44. The van der Waals surface area contributed by atoms with Crippen LogP contribution in [0, 0.1) is 0 Å². The third-order valence-electron chi connectivity index (χ3n) is 6.43. The molecule has 0 fully saturated rings. The van der Waals surface area contributed by atoms with Crippen LogP contribution in [0.5, 0.6) is 0 Å². The van der Waals surface area contributed by atoms with E-state index in [-0.39, 0.29) is 18.0 Å². The highest BCUT2D eigenvalue weighted by molar-refractivity contribution is 6.04. The second-order valence-electron chi connectivity index (χ2n) is 8.39. The standard InChI is InChI=1S/C27H22N4O2/c1-30-22-10-6-5-9-21(22)26-23(30)15-16-25(32)31(26)20-13-11-19(12-14-20)27-28-24(33-29-27)17-18-7-3-2-4-8-18/h2-16,23,26H,17H2,1H3. The summed E-state index contributed by atoms with van der Waals surface area (Å²) in [6.07, 6.45) is 4.27. The third-order valence-corrected chi connectivity index (χ3v) is 6.43. The number of amides is 1. The van der Waals surface area contributed by atoms with Gasteiger partial charge in [0.2, 0.25) is 11.7 Å². The Morgan fingerprint density at radius 3 is 2.52 bits per heavy atom. The maximum Gasteiger partial charge on any atom is 0.251 e. The van der Waals surface area contributed by atoms with E-state index in [4.69, 9.17) is 4.52 Å². The van der Waals surface area contributed by atoms with Gasteiger partial charge in [-0.25, -0.2) is 0 Å². The van der Waals surface area contributed by atoms with Crippen LogP contribution in [0.25, 0.3) is 11.4 Å². The molecule has 3 heterocycles. The lowest BCUT2D eigenvalue weighted by atomic mass is 9.97. The predicted molar refractivity (Wildman–Crippen MR) is 127 cm³/mol. The first-order valence-corrected chi connectivity index (χ1v) is 11.0. The van der Waals surface area contributed by atoms with Crippen molar-refractivity contribution in [3.05, 3.63) is 108 Å². The number of anilines is 2. The topological polar surface area (TPSA) is 62.5 Å². The van der Waals surface area contributed by atoms with E-state index in [9.17, 15) is 4.79 Å². The molecule has 0 N–H and O–H groups in total. The number of hydrogen-bond acceptors (Lipinski definition) is 5. The molecule has 0 aliphatic carbocycles. The number of rotatable bonds is 4. The molecule has 1 aromatic heterocycles. The van der Waals surface area contributed by atoms with Crippen molar-refractivity contribution in [2.24, 2.45) is 0 Å². The SMILES string of the molecule is CN1c2ccccc2C2C1C=CC(=O)N2c1ccc(-c2noc(Cc3ccccc3)n2)cc1. The third kappa shape index (κ3) is 3.31. The number of likely N-dealkylation sites (N-methyl/N-ethyl adjacent to an activating group) is 1. The fourth-order valence-electron chi connectivity index (χ4n) is 4.81. The lowest BCUT2D eigenvalue weighted by molar-refractivity contribution is -0.115. The molecule has 0 saturated carbocycles. The average molecular weight is 434 g/mol. The van der Waals surface area contributed by atoms with Crippen LogP contribution in [0.3, 0.4) is 0 Å². The molecule has 2 atom stereocenters. The number of aromatic nitrogens is 2. The van der Waals surface area contributed by atoms with Crippen molar-refractivity contribution in [1.29, 1.82) is 0 Å². The van der Waals surface area contributed by atoms with Crippen molar-refractivity contribution in [2.45, 2.75) is 18.5 Å². The molecule has 2 unspecified atom stereocenters. The van der Waals surface area contributed by atoms with Gasteiger partial charge in [0.15, 0.2) is 0 Å². The molecule has 33 heavy (non-hydrogen) atoms. The van der Waals surface area contributed by atoms with Crippen LogP contribution >= 0.6 is 0 Å². The van der Waals surface area contributed by atoms with Gasteiger partial charge in [-0.15, -0.1) is 0 Å². The van der Waals surface area contributed by atoms with Gasteiger partial charge in [0.25, 0.3) is 5.91 Å². The fourth-order valence-corrected chi connectivity index (χ4v) is 4.81.